The van der Waals surface area contributed by atoms with Crippen LogP contribution in [0.25, 0.3) is 0 Å². The number of morpholine rings is 1. The highest BCUT2D eigenvalue weighted by molar-refractivity contribution is 5.73. The van der Waals surface area contributed by atoms with Gasteiger partial charge in [-0.15, -0.1) is 0 Å². The standard InChI is InChI=1S/C17H23FN4O2/c1-12(22-5-6-24-11-13(22)2)9-20-17(23)21-10-15-7-14(8-19)3-4-16(15)18/h3-4,7,12-13H,5-6,9-11H2,1-2H3,(H2,20,21,23)/t12-,13-/m0/s1. The quantitative estimate of drug-likeness (QED) is 0.857. The number of hydrogen-bond acceptors (Lipinski definition) is 4. The van der Waals surface area contributed by atoms with Crippen molar-refractivity contribution in [2.45, 2.75) is 32.5 Å². The summed E-state index contributed by atoms with van der Waals surface area (Å²) in [5, 5.41) is 14.3. The minimum Gasteiger partial charge on any atom is -0.379 e. The van der Waals surface area contributed by atoms with Gasteiger partial charge >= 0.3 is 6.03 Å². The fourth-order valence-electron chi connectivity index (χ4n) is 2.77. The number of carbonyl (C=O) groups excluding carboxylic acids is 1. The Bertz CT molecular complexity index is 617. The molecule has 2 N–H and O–H groups in total. The summed E-state index contributed by atoms with van der Waals surface area (Å²) in [6.07, 6.45) is 0. The van der Waals surface area contributed by atoms with Crippen LogP contribution >= 0.6 is 0 Å². The van der Waals surface area contributed by atoms with Gasteiger partial charge in [-0.25, -0.2) is 9.18 Å². The van der Waals surface area contributed by atoms with Gasteiger partial charge in [0.1, 0.15) is 5.82 Å². The van der Waals surface area contributed by atoms with Gasteiger partial charge < -0.3 is 15.4 Å². The normalized spacial score (nSPS) is 19.3. The second kappa shape index (κ2) is 8.62. The molecule has 1 aliphatic heterocycles. The Morgan fingerprint density at radius 1 is 1.54 bits per heavy atom. The monoisotopic (exact) mass is 334 g/mol. The third-order valence-electron chi connectivity index (χ3n) is 4.16. The fraction of sp³-hybridized carbons (Fsp3) is 0.529. The number of carbonyl (C=O) groups is 1. The highest BCUT2D eigenvalue weighted by atomic mass is 19.1. The first-order chi connectivity index (χ1) is 11.5. The molecule has 1 saturated heterocycles. The zero-order valence-electron chi connectivity index (χ0n) is 14.0. The summed E-state index contributed by atoms with van der Waals surface area (Å²) in [5.41, 5.74) is 0.655. The van der Waals surface area contributed by atoms with Gasteiger partial charge in [0, 0.05) is 37.3 Å². The molecule has 0 unspecified atom stereocenters. The van der Waals surface area contributed by atoms with Crippen molar-refractivity contribution in [3.05, 3.63) is 35.1 Å². The molecule has 1 heterocycles. The number of rotatable bonds is 5. The van der Waals surface area contributed by atoms with E-state index in [0.717, 1.165) is 6.54 Å². The van der Waals surface area contributed by atoms with Crippen LogP contribution in [0.5, 0.6) is 0 Å². The molecule has 2 atom stereocenters. The number of amides is 2. The maximum Gasteiger partial charge on any atom is 0.315 e. The van der Waals surface area contributed by atoms with E-state index in [0.29, 0.717) is 36.9 Å². The molecule has 7 heteroatoms. The van der Waals surface area contributed by atoms with Crippen molar-refractivity contribution in [3.63, 3.8) is 0 Å². The third kappa shape index (κ3) is 4.91. The van der Waals surface area contributed by atoms with Gasteiger partial charge in [-0.3, -0.25) is 4.90 Å². The Hall–Kier alpha value is -2.17. The zero-order chi connectivity index (χ0) is 17.5. The van der Waals surface area contributed by atoms with E-state index in [1.165, 1.54) is 18.2 Å². The van der Waals surface area contributed by atoms with Crippen LogP contribution in [0.3, 0.4) is 0 Å². The van der Waals surface area contributed by atoms with E-state index in [1.807, 2.05) is 6.07 Å². The van der Waals surface area contributed by atoms with Crippen molar-refractivity contribution in [1.82, 2.24) is 15.5 Å². The van der Waals surface area contributed by atoms with Gasteiger partial charge in [-0.1, -0.05) is 0 Å². The number of halogens is 1. The Morgan fingerprint density at radius 2 is 2.33 bits per heavy atom. The predicted octanol–water partition coefficient (Wildman–Crippen LogP) is 1.61. The summed E-state index contributed by atoms with van der Waals surface area (Å²) in [7, 11) is 0. The second-order valence-corrected chi connectivity index (χ2v) is 5.99. The Labute approximate surface area is 141 Å². The van der Waals surface area contributed by atoms with Gasteiger partial charge in [0.15, 0.2) is 0 Å². The first-order valence-electron chi connectivity index (χ1n) is 8.05. The number of nitrogens with zero attached hydrogens (tertiary/aromatic N) is 2. The lowest BCUT2D eigenvalue weighted by Crippen LogP contribution is -2.52. The van der Waals surface area contributed by atoms with Crippen LogP contribution in [0.2, 0.25) is 0 Å². The topological polar surface area (TPSA) is 77.4 Å². The molecule has 6 nitrogen and oxygen atoms in total. The molecule has 130 valence electrons. The van der Waals surface area contributed by atoms with Crippen LogP contribution in [-0.2, 0) is 11.3 Å². The number of ether oxygens (including phenoxy) is 1. The minimum atomic E-state index is -0.440. The summed E-state index contributed by atoms with van der Waals surface area (Å²) in [4.78, 5) is 14.2. The highest BCUT2D eigenvalue weighted by Gasteiger charge is 2.23. The molecule has 0 aromatic heterocycles. The molecule has 1 fully saturated rings. The number of hydrogen-bond donors (Lipinski definition) is 2. The van der Waals surface area contributed by atoms with Crippen LogP contribution in [0.4, 0.5) is 9.18 Å². The van der Waals surface area contributed by atoms with Gasteiger partial charge in [0.25, 0.3) is 0 Å². The van der Waals surface area contributed by atoms with Crippen LogP contribution in [0.15, 0.2) is 18.2 Å². The van der Waals surface area contributed by atoms with Crippen molar-refractivity contribution in [1.29, 1.82) is 5.26 Å². The van der Waals surface area contributed by atoms with Crippen LogP contribution in [0.1, 0.15) is 25.0 Å². The van der Waals surface area contributed by atoms with Crippen molar-refractivity contribution < 1.29 is 13.9 Å². The molecule has 24 heavy (non-hydrogen) atoms. The molecule has 1 aliphatic rings. The molecular weight excluding hydrogens is 311 g/mol. The first-order valence-corrected chi connectivity index (χ1v) is 8.05. The Kier molecular flexibility index (Phi) is 6.53. The van der Waals surface area contributed by atoms with Crippen LogP contribution in [-0.4, -0.2) is 49.3 Å². The molecule has 2 amide bonds. The van der Waals surface area contributed by atoms with Crippen molar-refractivity contribution >= 4 is 6.03 Å². The number of nitriles is 1. The van der Waals surface area contributed by atoms with Crippen molar-refractivity contribution in [3.8, 4) is 6.07 Å². The average Bonchev–Trinajstić information content (AvgIpc) is 2.59. The second-order valence-electron chi connectivity index (χ2n) is 5.99. The fourth-order valence-corrected chi connectivity index (χ4v) is 2.77. The number of urea groups is 1. The van der Waals surface area contributed by atoms with E-state index in [4.69, 9.17) is 10.00 Å². The van der Waals surface area contributed by atoms with E-state index >= 15 is 0 Å². The van der Waals surface area contributed by atoms with Gasteiger partial charge in [-0.2, -0.15) is 5.26 Å². The Morgan fingerprint density at radius 3 is 3.04 bits per heavy atom. The van der Waals surface area contributed by atoms with Crippen molar-refractivity contribution in [2.24, 2.45) is 0 Å². The van der Waals surface area contributed by atoms with E-state index in [1.54, 1.807) is 0 Å². The largest absolute Gasteiger partial charge is 0.379 e. The summed E-state index contributed by atoms with van der Waals surface area (Å²) in [5.74, 6) is -0.440. The maximum absolute atomic E-state index is 13.7. The Balaban J connectivity index is 1.78. The third-order valence-corrected chi connectivity index (χ3v) is 4.16. The van der Waals surface area contributed by atoms with Crippen molar-refractivity contribution in [2.75, 3.05) is 26.3 Å². The highest BCUT2D eigenvalue weighted by Crippen LogP contribution is 2.11. The predicted molar refractivity (Wildman–Crippen MR) is 87.8 cm³/mol. The average molecular weight is 334 g/mol. The zero-order valence-corrected chi connectivity index (χ0v) is 14.0. The van der Waals surface area contributed by atoms with E-state index in [9.17, 15) is 9.18 Å². The van der Waals surface area contributed by atoms with E-state index < -0.39 is 5.82 Å². The lowest BCUT2D eigenvalue weighted by molar-refractivity contribution is -0.0176. The first kappa shape index (κ1) is 18.2. The van der Waals surface area contributed by atoms with Crippen LogP contribution in [0, 0.1) is 17.1 Å². The van der Waals surface area contributed by atoms with E-state index in [-0.39, 0.29) is 18.6 Å². The molecule has 0 radical (unpaired) electrons. The number of benzene rings is 1. The lowest BCUT2D eigenvalue weighted by atomic mass is 10.1. The van der Waals surface area contributed by atoms with E-state index in [2.05, 4.69) is 29.4 Å². The molecule has 1 aromatic carbocycles. The summed E-state index contributed by atoms with van der Waals surface area (Å²) >= 11 is 0. The smallest absolute Gasteiger partial charge is 0.315 e. The molecule has 1 aromatic rings. The lowest BCUT2D eigenvalue weighted by Gasteiger charge is -2.37. The number of nitrogens with one attached hydrogen (secondary N) is 2. The minimum absolute atomic E-state index is 0.0372. The van der Waals surface area contributed by atoms with Gasteiger partial charge in [-0.05, 0) is 32.0 Å². The molecule has 0 spiro atoms. The van der Waals surface area contributed by atoms with Gasteiger partial charge in [0.2, 0.25) is 0 Å². The van der Waals surface area contributed by atoms with Gasteiger partial charge in [0.05, 0.1) is 24.8 Å². The SMILES string of the molecule is C[C@@H](CNC(=O)NCc1cc(C#N)ccc1F)N1CCOC[C@@H]1C. The summed E-state index contributed by atoms with van der Waals surface area (Å²) < 4.78 is 19.1. The van der Waals surface area contributed by atoms with Crippen LogP contribution < -0.4 is 10.6 Å². The molecular formula is C17H23FN4O2. The molecule has 0 bridgehead atoms. The molecule has 2 rings (SSSR count). The summed E-state index contributed by atoms with van der Waals surface area (Å²) in [6.45, 7) is 6.93. The maximum atomic E-state index is 13.7. The molecule has 0 aliphatic carbocycles. The molecule has 0 saturated carbocycles. The summed E-state index contributed by atoms with van der Waals surface area (Å²) in [6, 6.07) is 6.18.